The maximum Gasteiger partial charge on any atom is 0.336 e. The van der Waals surface area contributed by atoms with E-state index < -0.39 is 11.9 Å². The van der Waals surface area contributed by atoms with Gasteiger partial charge in [-0.25, -0.2) is 9.59 Å². The van der Waals surface area contributed by atoms with Crippen molar-refractivity contribution in [3.05, 3.63) is 132 Å². The third kappa shape index (κ3) is 6.17. The second kappa shape index (κ2) is 11.2. The van der Waals surface area contributed by atoms with E-state index in [0.717, 1.165) is 11.1 Å². The highest BCUT2D eigenvalue weighted by molar-refractivity contribution is 5.92. The smallest absolute Gasteiger partial charge is 0.336 e. The van der Waals surface area contributed by atoms with Crippen molar-refractivity contribution in [3.8, 4) is 22.6 Å². The quantitative estimate of drug-likeness (QED) is 0.183. The monoisotopic (exact) mass is 446 g/mol. The molecule has 4 aromatic carbocycles. The second-order valence-electron chi connectivity index (χ2n) is 7.32. The fourth-order valence-electron chi connectivity index (χ4n) is 3.30. The normalized spacial score (nSPS) is 10.9. The summed E-state index contributed by atoms with van der Waals surface area (Å²) in [5, 5.41) is 0. The Morgan fingerprint density at radius 2 is 0.824 bits per heavy atom. The molecular weight excluding hydrogens is 424 g/mol. The molecule has 0 unspecified atom stereocenters. The number of esters is 2. The van der Waals surface area contributed by atoms with Crippen LogP contribution >= 0.6 is 0 Å². The Bertz CT molecular complexity index is 1220. The third-order valence-electron chi connectivity index (χ3n) is 4.91. The van der Waals surface area contributed by atoms with Gasteiger partial charge >= 0.3 is 11.9 Å². The second-order valence-corrected chi connectivity index (χ2v) is 7.32. The standard InChI is InChI=1S/C30H22O4/c31-29(21-19-23-11-3-1-4-12-23)33-27-17-9-7-15-25(27)26-16-8-10-18-28(26)34-30(32)22-20-24-13-5-2-6-14-24/h1-22H/b21-19+,22-20+. The van der Waals surface area contributed by atoms with Crippen LogP contribution in [0.15, 0.2) is 121 Å². The van der Waals surface area contributed by atoms with Crippen molar-refractivity contribution in [2.24, 2.45) is 0 Å². The van der Waals surface area contributed by atoms with E-state index in [0.29, 0.717) is 22.6 Å². The van der Waals surface area contributed by atoms with Crippen LogP contribution in [0, 0.1) is 0 Å². The average molecular weight is 447 g/mol. The maximum atomic E-state index is 12.4. The lowest BCUT2D eigenvalue weighted by Gasteiger charge is -2.12. The number of carbonyl (C=O) groups is 2. The van der Waals surface area contributed by atoms with E-state index in [2.05, 4.69) is 0 Å². The predicted octanol–water partition coefficient (Wildman–Crippen LogP) is 6.59. The van der Waals surface area contributed by atoms with Crippen LogP contribution in [0.25, 0.3) is 23.3 Å². The molecule has 0 N–H and O–H groups in total. The van der Waals surface area contributed by atoms with Gasteiger partial charge in [-0.1, -0.05) is 97.1 Å². The summed E-state index contributed by atoms with van der Waals surface area (Å²) in [6.45, 7) is 0. The molecule has 0 aliphatic rings. The van der Waals surface area contributed by atoms with Crippen LogP contribution in [-0.2, 0) is 9.59 Å². The van der Waals surface area contributed by atoms with Gasteiger partial charge in [-0.15, -0.1) is 0 Å². The molecule has 0 spiro atoms. The number of ether oxygens (including phenoxy) is 2. The SMILES string of the molecule is O=C(/C=C/c1ccccc1)Oc1ccccc1-c1ccccc1OC(=O)/C=C/c1ccccc1. The molecule has 0 saturated carbocycles. The molecule has 34 heavy (non-hydrogen) atoms. The Kier molecular flexibility index (Phi) is 7.44. The van der Waals surface area contributed by atoms with Gasteiger partial charge in [0.2, 0.25) is 0 Å². The average Bonchev–Trinajstić information content (AvgIpc) is 2.88. The number of carbonyl (C=O) groups excluding carboxylic acids is 2. The highest BCUT2D eigenvalue weighted by Crippen LogP contribution is 2.36. The van der Waals surface area contributed by atoms with Crippen LogP contribution in [0.1, 0.15) is 11.1 Å². The summed E-state index contributed by atoms with van der Waals surface area (Å²) in [4.78, 5) is 24.9. The van der Waals surface area contributed by atoms with Crippen LogP contribution in [0.5, 0.6) is 11.5 Å². The van der Waals surface area contributed by atoms with Crippen molar-refractivity contribution >= 4 is 24.1 Å². The Morgan fingerprint density at radius 1 is 0.471 bits per heavy atom. The van der Waals surface area contributed by atoms with E-state index in [-0.39, 0.29) is 0 Å². The zero-order chi connectivity index (χ0) is 23.6. The first-order valence-corrected chi connectivity index (χ1v) is 10.8. The fourth-order valence-corrected chi connectivity index (χ4v) is 3.30. The molecule has 4 heteroatoms. The Hall–Kier alpha value is -4.70. The summed E-state index contributed by atoms with van der Waals surface area (Å²) in [5.74, 6) is -0.268. The van der Waals surface area contributed by atoms with Crippen LogP contribution in [0.4, 0.5) is 0 Å². The molecule has 4 rings (SSSR count). The molecule has 0 heterocycles. The largest absolute Gasteiger partial charge is 0.423 e. The molecular formula is C30H22O4. The summed E-state index contributed by atoms with van der Waals surface area (Å²) in [6.07, 6.45) is 6.15. The van der Waals surface area contributed by atoms with Crippen molar-refractivity contribution in [1.82, 2.24) is 0 Å². The number of benzene rings is 4. The molecule has 0 fully saturated rings. The summed E-state index contributed by atoms with van der Waals surface area (Å²) >= 11 is 0. The van der Waals surface area contributed by atoms with Gasteiger partial charge in [-0.2, -0.15) is 0 Å². The third-order valence-corrected chi connectivity index (χ3v) is 4.91. The minimum Gasteiger partial charge on any atom is -0.423 e. The van der Waals surface area contributed by atoms with E-state index >= 15 is 0 Å². The lowest BCUT2D eigenvalue weighted by Crippen LogP contribution is -2.07. The number of para-hydroxylation sites is 2. The van der Waals surface area contributed by atoms with Crippen molar-refractivity contribution in [2.45, 2.75) is 0 Å². The van der Waals surface area contributed by atoms with E-state index in [1.54, 1.807) is 36.4 Å². The molecule has 0 aromatic heterocycles. The van der Waals surface area contributed by atoms with Crippen LogP contribution in [0.3, 0.4) is 0 Å². The number of rotatable bonds is 7. The van der Waals surface area contributed by atoms with Gasteiger partial charge in [0, 0.05) is 23.3 Å². The maximum absolute atomic E-state index is 12.4. The first-order chi connectivity index (χ1) is 16.7. The van der Waals surface area contributed by atoms with Gasteiger partial charge < -0.3 is 9.47 Å². The van der Waals surface area contributed by atoms with Gasteiger partial charge in [0.15, 0.2) is 0 Å². The van der Waals surface area contributed by atoms with Crippen molar-refractivity contribution < 1.29 is 19.1 Å². The van der Waals surface area contributed by atoms with E-state index in [1.165, 1.54) is 12.2 Å². The van der Waals surface area contributed by atoms with E-state index in [4.69, 9.17) is 9.47 Å². The van der Waals surface area contributed by atoms with Gasteiger partial charge in [0.05, 0.1) is 0 Å². The molecule has 0 bridgehead atoms. The van der Waals surface area contributed by atoms with E-state index in [9.17, 15) is 9.59 Å². The molecule has 166 valence electrons. The summed E-state index contributed by atoms with van der Waals surface area (Å²) < 4.78 is 11.2. The lowest BCUT2D eigenvalue weighted by atomic mass is 10.0. The lowest BCUT2D eigenvalue weighted by molar-refractivity contribution is -0.129. The van der Waals surface area contributed by atoms with Crippen LogP contribution < -0.4 is 9.47 Å². The first-order valence-electron chi connectivity index (χ1n) is 10.8. The van der Waals surface area contributed by atoms with Crippen molar-refractivity contribution in [1.29, 1.82) is 0 Å². The predicted molar refractivity (Wildman–Crippen MR) is 134 cm³/mol. The Balaban J connectivity index is 1.53. The highest BCUT2D eigenvalue weighted by Gasteiger charge is 2.14. The highest BCUT2D eigenvalue weighted by atomic mass is 16.5. The van der Waals surface area contributed by atoms with Crippen molar-refractivity contribution in [2.75, 3.05) is 0 Å². The molecule has 0 aliphatic carbocycles. The molecule has 0 atom stereocenters. The van der Waals surface area contributed by atoms with Gasteiger partial charge in [0.25, 0.3) is 0 Å². The molecule has 0 amide bonds. The van der Waals surface area contributed by atoms with Crippen LogP contribution in [-0.4, -0.2) is 11.9 Å². The topological polar surface area (TPSA) is 52.6 Å². The van der Waals surface area contributed by atoms with Gasteiger partial charge in [0.1, 0.15) is 11.5 Å². The zero-order valence-corrected chi connectivity index (χ0v) is 18.3. The van der Waals surface area contributed by atoms with E-state index in [1.807, 2.05) is 84.9 Å². The minimum atomic E-state index is -0.503. The molecule has 0 aliphatic heterocycles. The zero-order valence-electron chi connectivity index (χ0n) is 18.3. The minimum absolute atomic E-state index is 0.369. The van der Waals surface area contributed by atoms with Crippen molar-refractivity contribution in [3.63, 3.8) is 0 Å². The Morgan fingerprint density at radius 3 is 1.24 bits per heavy atom. The number of hydrogen-bond acceptors (Lipinski definition) is 4. The van der Waals surface area contributed by atoms with Gasteiger partial charge in [-0.05, 0) is 35.4 Å². The molecule has 0 radical (unpaired) electrons. The summed E-state index contributed by atoms with van der Waals surface area (Å²) in [6, 6.07) is 33.3. The first kappa shape index (κ1) is 22.5. The summed E-state index contributed by atoms with van der Waals surface area (Å²) in [7, 11) is 0. The van der Waals surface area contributed by atoms with Crippen LogP contribution in [0.2, 0.25) is 0 Å². The molecule has 0 saturated heterocycles. The molecule has 4 aromatic rings. The van der Waals surface area contributed by atoms with Gasteiger partial charge in [-0.3, -0.25) is 0 Å². The molecule has 4 nitrogen and oxygen atoms in total. The number of hydrogen-bond donors (Lipinski definition) is 0. The fraction of sp³-hybridized carbons (Fsp3) is 0. The summed E-state index contributed by atoms with van der Waals surface area (Å²) in [5.41, 5.74) is 3.07. The Labute approximate surface area is 198 Å².